The van der Waals surface area contributed by atoms with E-state index in [1.165, 1.54) is 0 Å². The van der Waals surface area contributed by atoms with Gasteiger partial charge in [-0.05, 0) is 24.0 Å². The predicted octanol–water partition coefficient (Wildman–Crippen LogP) is 3.31. The van der Waals surface area contributed by atoms with Gasteiger partial charge in [0.25, 0.3) is 0 Å². The molecule has 0 amide bonds. The molecule has 1 saturated heterocycles. The Balaban J connectivity index is 2.93. The van der Waals surface area contributed by atoms with Crippen LogP contribution in [0.3, 0.4) is 0 Å². The second kappa shape index (κ2) is 9.04. The van der Waals surface area contributed by atoms with Gasteiger partial charge in [0.15, 0.2) is 9.84 Å². The number of hydrogen-bond donors (Lipinski definition) is 1. The third-order valence-corrected chi connectivity index (χ3v) is 8.45. The molecule has 1 aliphatic rings. The molecule has 0 spiro atoms. The molecule has 0 aromatic rings. The Kier molecular flexibility index (Phi) is 8.46. The monoisotopic (exact) mass is 353 g/mol. The van der Waals surface area contributed by atoms with Gasteiger partial charge >= 0.3 is 0 Å². The van der Waals surface area contributed by atoms with Gasteiger partial charge in [-0.15, -0.1) is 0 Å². The van der Waals surface area contributed by atoms with Crippen molar-refractivity contribution in [2.45, 2.75) is 51.8 Å². The largest absolute Gasteiger partial charge is 0.285 e. The lowest BCUT2D eigenvalue weighted by molar-refractivity contribution is 0.143. The standard InChI is InChI=1S/C15H31NO2S3/c1-4-7-15(13-19,8-5-2)12-16-9-10-20-11-14(16)21(17,18)6-3/h14,19H,4-13H2,1-3H3. The molecule has 1 fully saturated rings. The maximum absolute atomic E-state index is 12.4. The summed E-state index contributed by atoms with van der Waals surface area (Å²) in [6.07, 6.45) is 4.53. The number of thioether (sulfide) groups is 1. The summed E-state index contributed by atoms with van der Waals surface area (Å²) >= 11 is 6.38. The topological polar surface area (TPSA) is 37.4 Å². The zero-order valence-electron chi connectivity index (χ0n) is 13.7. The first-order valence-electron chi connectivity index (χ1n) is 8.09. The van der Waals surface area contributed by atoms with Crippen LogP contribution in [0.1, 0.15) is 46.5 Å². The molecule has 1 rings (SSSR count). The predicted molar refractivity (Wildman–Crippen MR) is 98.2 cm³/mol. The van der Waals surface area contributed by atoms with Crippen molar-refractivity contribution in [3.8, 4) is 0 Å². The first-order valence-corrected chi connectivity index (χ1v) is 11.6. The summed E-state index contributed by atoms with van der Waals surface area (Å²) < 4.78 is 24.8. The molecule has 6 heteroatoms. The molecule has 0 radical (unpaired) electrons. The van der Waals surface area contributed by atoms with Crippen LogP contribution in [0.25, 0.3) is 0 Å². The molecule has 126 valence electrons. The van der Waals surface area contributed by atoms with E-state index in [0.29, 0.717) is 0 Å². The Morgan fingerprint density at radius 2 is 1.86 bits per heavy atom. The quantitative estimate of drug-likeness (QED) is 0.645. The zero-order chi connectivity index (χ0) is 15.9. The van der Waals surface area contributed by atoms with Gasteiger partial charge in [0.2, 0.25) is 0 Å². The highest BCUT2D eigenvalue weighted by Gasteiger charge is 2.38. The summed E-state index contributed by atoms with van der Waals surface area (Å²) in [7, 11) is -3.00. The van der Waals surface area contributed by atoms with Crippen LogP contribution in [0.4, 0.5) is 0 Å². The molecular weight excluding hydrogens is 322 g/mol. The van der Waals surface area contributed by atoms with Crippen LogP contribution in [-0.2, 0) is 9.84 Å². The zero-order valence-corrected chi connectivity index (χ0v) is 16.2. The highest BCUT2D eigenvalue weighted by Crippen LogP contribution is 2.35. The van der Waals surface area contributed by atoms with Crippen molar-refractivity contribution in [2.75, 3.05) is 36.1 Å². The van der Waals surface area contributed by atoms with E-state index in [-0.39, 0.29) is 16.5 Å². The average Bonchev–Trinajstić information content (AvgIpc) is 2.48. The molecule has 0 aromatic carbocycles. The van der Waals surface area contributed by atoms with Gasteiger partial charge in [-0.25, -0.2) is 8.42 Å². The molecule has 0 saturated carbocycles. The van der Waals surface area contributed by atoms with Crippen molar-refractivity contribution < 1.29 is 8.42 Å². The number of nitrogens with zero attached hydrogens (tertiary/aromatic N) is 1. The highest BCUT2D eigenvalue weighted by atomic mass is 32.2. The fourth-order valence-corrected chi connectivity index (χ4v) is 6.80. The van der Waals surface area contributed by atoms with E-state index in [9.17, 15) is 8.42 Å². The van der Waals surface area contributed by atoms with Gasteiger partial charge in [0.1, 0.15) is 5.37 Å². The Morgan fingerprint density at radius 1 is 1.24 bits per heavy atom. The lowest BCUT2D eigenvalue weighted by atomic mass is 9.80. The minimum atomic E-state index is -3.00. The van der Waals surface area contributed by atoms with Crippen LogP contribution in [0.2, 0.25) is 0 Å². The molecule has 3 nitrogen and oxygen atoms in total. The second-order valence-electron chi connectivity index (χ2n) is 6.11. The summed E-state index contributed by atoms with van der Waals surface area (Å²) in [5.74, 6) is 2.84. The van der Waals surface area contributed by atoms with Gasteiger partial charge in [0, 0.05) is 30.3 Å². The molecule has 1 aliphatic heterocycles. The van der Waals surface area contributed by atoms with E-state index in [2.05, 4.69) is 31.4 Å². The van der Waals surface area contributed by atoms with Crippen LogP contribution in [0, 0.1) is 5.41 Å². The van der Waals surface area contributed by atoms with Crippen LogP contribution in [0.5, 0.6) is 0 Å². The Labute approximate surface area is 141 Å². The van der Waals surface area contributed by atoms with E-state index in [0.717, 1.165) is 56.0 Å². The van der Waals surface area contributed by atoms with Crippen LogP contribution in [-0.4, -0.2) is 54.8 Å². The normalized spacial score (nSPS) is 21.6. The van der Waals surface area contributed by atoms with Gasteiger partial charge in [0.05, 0.1) is 0 Å². The van der Waals surface area contributed by atoms with Crippen LogP contribution in [0.15, 0.2) is 0 Å². The van der Waals surface area contributed by atoms with Crippen LogP contribution >= 0.6 is 24.4 Å². The minimum absolute atomic E-state index is 0.163. The number of sulfone groups is 1. The van der Waals surface area contributed by atoms with E-state index < -0.39 is 9.84 Å². The molecule has 0 bridgehead atoms. The Bertz CT molecular complexity index is 392. The first kappa shape index (κ1) is 19.7. The minimum Gasteiger partial charge on any atom is -0.285 e. The molecule has 1 atom stereocenters. The molecular formula is C15H31NO2S3. The SMILES string of the molecule is CCCC(CS)(CCC)CN1CCSCC1S(=O)(=O)CC. The average molecular weight is 354 g/mol. The van der Waals surface area contributed by atoms with Crippen molar-refractivity contribution in [1.82, 2.24) is 4.90 Å². The summed E-state index contributed by atoms with van der Waals surface area (Å²) in [5, 5.41) is -0.297. The Hall–Kier alpha value is 0.610. The van der Waals surface area contributed by atoms with E-state index in [1.54, 1.807) is 18.7 Å². The Morgan fingerprint density at radius 3 is 2.33 bits per heavy atom. The third kappa shape index (κ3) is 5.33. The molecule has 0 N–H and O–H groups in total. The van der Waals surface area contributed by atoms with Crippen molar-refractivity contribution in [1.29, 1.82) is 0 Å². The molecule has 0 aromatic heterocycles. The van der Waals surface area contributed by atoms with Gasteiger partial charge in [-0.2, -0.15) is 24.4 Å². The number of thiol groups is 1. The maximum Gasteiger partial charge on any atom is 0.166 e. The van der Waals surface area contributed by atoms with Crippen LogP contribution < -0.4 is 0 Å². The molecule has 1 unspecified atom stereocenters. The summed E-state index contributed by atoms with van der Waals surface area (Å²) in [4.78, 5) is 2.23. The van der Waals surface area contributed by atoms with Crippen molar-refractivity contribution in [2.24, 2.45) is 5.41 Å². The van der Waals surface area contributed by atoms with Gasteiger partial charge in [-0.3, -0.25) is 4.90 Å². The van der Waals surface area contributed by atoms with Gasteiger partial charge < -0.3 is 0 Å². The van der Waals surface area contributed by atoms with Crippen molar-refractivity contribution in [3.63, 3.8) is 0 Å². The van der Waals surface area contributed by atoms with Crippen molar-refractivity contribution >= 4 is 34.2 Å². The van der Waals surface area contributed by atoms with Crippen molar-refractivity contribution in [3.05, 3.63) is 0 Å². The first-order chi connectivity index (χ1) is 9.94. The molecule has 1 heterocycles. The lowest BCUT2D eigenvalue weighted by Gasteiger charge is -2.42. The summed E-state index contributed by atoms with van der Waals surface area (Å²) in [6.45, 7) is 7.94. The maximum atomic E-state index is 12.4. The summed E-state index contributed by atoms with van der Waals surface area (Å²) in [5.41, 5.74) is 0.163. The second-order valence-corrected chi connectivity index (χ2v) is 10.0. The van der Waals surface area contributed by atoms with E-state index in [4.69, 9.17) is 0 Å². The number of hydrogen-bond acceptors (Lipinski definition) is 5. The fraction of sp³-hybridized carbons (Fsp3) is 1.00. The lowest BCUT2D eigenvalue weighted by Crippen LogP contribution is -2.52. The molecule has 0 aliphatic carbocycles. The van der Waals surface area contributed by atoms with E-state index >= 15 is 0 Å². The molecule has 21 heavy (non-hydrogen) atoms. The number of rotatable bonds is 9. The summed E-state index contributed by atoms with van der Waals surface area (Å²) in [6, 6.07) is 0. The van der Waals surface area contributed by atoms with Gasteiger partial charge in [-0.1, -0.05) is 33.6 Å². The highest BCUT2D eigenvalue weighted by molar-refractivity contribution is 8.01. The third-order valence-electron chi connectivity index (χ3n) is 4.44. The fourth-order valence-electron chi connectivity index (χ4n) is 3.30. The van der Waals surface area contributed by atoms with E-state index in [1.807, 2.05) is 0 Å². The smallest absolute Gasteiger partial charge is 0.166 e.